The van der Waals surface area contributed by atoms with Crippen molar-refractivity contribution >= 4 is 11.6 Å². The highest BCUT2D eigenvalue weighted by molar-refractivity contribution is 5.80. The molecule has 8 nitrogen and oxygen atoms in total. The van der Waals surface area contributed by atoms with E-state index in [-0.39, 0.29) is 11.6 Å². The molecule has 0 fully saturated rings. The van der Waals surface area contributed by atoms with Crippen LogP contribution >= 0.6 is 0 Å². The Morgan fingerprint density at radius 3 is 2.37 bits per heavy atom. The van der Waals surface area contributed by atoms with E-state index < -0.39 is 11.0 Å². The van der Waals surface area contributed by atoms with Crippen molar-refractivity contribution in [3.8, 4) is 17.2 Å². The SMILES string of the molecule is COc1ccc(CCNC(=O)C(C)Oc2ccc([N+](=O)[O-])cc2)cc1OC. The molecule has 2 aromatic carbocycles. The standard InChI is InChI=1S/C19H22N2O6/c1-13(27-16-7-5-15(6-8-16)21(23)24)19(22)20-11-10-14-4-9-17(25-2)18(12-14)26-3/h4-9,12-13H,10-11H2,1-3H3,(H,20,22). The molecule has 2 rings (SSSR count). The molecular formula is C19H22N2O6. The summed E-state index contributed by atoms with van der Waals surface area (Å²) in [7, 11) is 3.14. The second kappa shape index (κ2) is 9.42. The van der Waals surface area contributed by atoms with Gasteiger partial charge in [-0.25, -0.2) is 0 Å². The molecule has 0 aromatic heterocycles. The van der Waals surface area contributed by atoms with Gasteiger partial charge >= 0.3 is 0 Å². The number of carbonyl (C=O) groups excluding carboxylic acids is 1. The predicted octanol–water partition coefficient (Wildman–Crippen LogP) is 2.74. The summed E-state index contributed by atoms with van der Waals surface area (Å²) in [4.78, 5) is 22.3. The number of ether oxygens (including phenoxy) is 3. The summed E-state index contributed by atoms with van der Waals surface area (Å²) in [5.74, 6) is 1.41. The van der Waals surface area contributed by atoms with Gasteiger partial charge in [0.1, 0.15) is 5.75 Å². The lowest BCUT2D eigenvalue weighted by Gasteiger charge is -2.15. The van der Waals surface area contributed by atoms with E-state index in [9.17, 15) is 14.9 Å². The molecule has 0 bridgehead atoms. The monoisotopic (exact) mass is 374 g/mol. The number of amides is 1. The van der Waals surface area contributed by atoms with Gasteiger partial charge in [0.2, 0.25) is 0 Å². The van der Waals surface area contributed by atoms with Gasteiger partial charge in [0, 0.05) is 18.7 Å². The first-order valence-electron chi connectivity index (χ1n) is 8.34. The van der Waals surface area contributed by atoms with Gasteiger partial charge in [-0.2, -0.15) is 0 Å². The average Bonchev–Trinajstić information content (AvgIpc) is 2.68. The molecular weight excluding hydrogens is 352 g/mol. The van der Waals surface area contributed by atoms with Crippen molar-refractivity contribution in [3.05, 3.63) is 58.1 Å². The van der Waals surface area contributed by atoms with Crippen LogP contribution in [0.25, 0.3) is 0 Å². The first kappa shape index (κ1) is 20.0. The number of benzene rings is 2. The molecule has 1 N–H and O–H groups in total. The van der Waals surface area contributed by atoms with Crippen molar-refractivity contribution in [2.45, 2.75) is 19.4 Å². The lowest BCUT2D eigenvalue weighted by atomic mass is 10.1. The number of nitrogens with one attached hydrogen (secondary N) is 1. The molecule has 0 aliphatic carbocycles. The number of non-ortho nitro benzene ring substituents is 1. The minimum absolute atomic E-state index is 0.0330. The topological polar surface area (TPSA) is 99.9 Å². The number of methoxy groups -OCH3 is 2. The lowest BCUT2D eigenvalue weighted by molar-refractivity contribution is -0.384. The minimum atomic E-state index is -0.725. The van der Waals surface area contributed by atoms with Gasteiger partial charge in [-0.05, 0) is 43.2 Å². The Morgan fingerprint density at radius 1 is 1.11 bits per heavy atom. The van der Waals surface area contributed by atoms with E-state index in [0.717, 1.165) is 5.56 Å². The largest absolute Gasteiger partial charge is 0.493 e. The zero-order chi connectivity index (χ0) is 19.8. The summed E-state index contributed by atoms with van der Waals surface area (Å²) in [5.41, 5.74) is 0.964. The van der Waals surface area contributed by atoms with E-state index in [1.807, 2.05) is 18.2 Å². The fourth-order valence-corrected chi connectivity index (χ4v) is 2.41. The molecule has 0 radical (unpaired) electrons. The first-order valence-corrected chi connectivity index (χ1v) is 8.34. The molecule has 0 saturated carbocycles. The third-order valence-corrected chi connectivity index (χ3v) is 3.89. The van der Waals surface area contributed by atoms with Crippen molar-refractivity contribution in [3.63, 3.8) is 0 Å². The van der Waals surface area contributed by atoms with Crippen molar-refractivity contribution in [2.24, 2.45) is 0 Å². The molecule has 1 unspecified atom stereocenters. The summed E-state index contributed by atoms with van der Waals surface area (Å²) in [6.07, 6.45) is -0.104. The first-order chi connectivity index (χ1) is 12.9. The van der Waals surface area contributed by atoms with Crippen LogP contribution in [0.4, 0.5) is 5.69 Å². The third kappa shape index (κ3) is 5.60. The van der Waals surface area contributed by atoms with Crippen LogP contribution < -0.4 is 19.5 Å². The van der Waals surface area contributed by atoms with Gasteiger partial charge in [-0.15, -0.1) is 0 Å². The van der Waals surface area contributed by atoms with Gasteiger partial charge in [0.15, 0.2) is 17.6 Å². The maximum absolute atomic E-state index is 12.1. The molecule has 0 heterocycles. The van der Waals surface area contributed by atoms with Crippen LogP contribution in [0.15, 0.2) is 42.5 Å². The van der Waals surface area contributed by atoms with Crippen molar-refractivity contribution in [1.29, 1.82) is 0 Å². The van der Waals surface area contributed by atoms with Crippen molar-refractivity contribution in [1.82, 2.24) is 5.32 Å². The second-order valence-electron chi connectivity index (χ2n) is 5.74. The van der Waals surface area contributed by atoms with E-state index in [2.05, 4.69) is 5.32 Å². The fraction of sp³-hybridized carbons (Fsp3) is 0.316. The number of hydrogen-bond acceptors (Lipinski definition) is 6. The Hall–Kier alpha value is -3.29. The van der Waals surface area contributed by atoms with E-state index in [0.29, 0.717) is 30.2 Å². The van der Waals surface area contributed by atoms with E-state index >= 15 is 0 Å². The molecule has 2 aromatic rings. The number of carbonyl (C=O) groups is 1. The van der Waals surface area contributed by atoms with E-state index in [4.69, 9.17) is 14.2 Å². The number of nitrogens with zero attached hydrogens (tertiary/aromatic N) is 1. The molecule has 1 amide bonds. The Kier molecular flexibility index (Phi) is 6.99. The highest BCUT2D eigenvalue weighted by Gasteiger charge is 2.15. The quantitative estimate of drug-likeness (QED) is 0.535. The van der Waals surface area contributed by atoms with Crippen molar-refractivity contribution < 1.29 is 23.9 Å². The van der Waals surface area contributed by atoms with Gasteiger partial charge in [-0.3, -0.25) is 14.9 Å². The summed E-state index contributed by atoms with van der Waals surface area (Å²) >= 11 is 0. The van der Waals surface area contributed by atoms with E-state index in [1.165, 1.54) is 24.3 Å². The minimum Gasteiger partial charge on any atom is -0.493 e. The molecule has 0 saturated heterocycles. The third-order valence-electron chi connectivity index (χ3n) is 3.89. The Bertz CT molecular complexity index is 791. The second-order valence-corrected chi connectivity index (χ2v) is 5.74. The Morgan fingerprint density at radius 2 is 1.78 bits per heavy atom. The van der Waals surface area contributed by atoms with E-state index in [1.54, 1.807) is 21.1 Å². The molecule has 0 aliphatic rings. The van der Waals surface area contributed by atoms with Crippen molar-refractivity contribution in [2.75, 3.05) is 20.8 Å². The molecule has 0 aliphatic heterocycles. The molecule has 0 spiro atoms. The van der Waals surface area contributed by atoms with Gasteiger partial charge < -0.3 is 19.5 Å². The normalized spacial score (nSPS) is 11.4. The van der Waals surface area contributed by atoms with Crippen LogP contribution in [0.2, 0.25) is 0 Å². The van der Waals surface area contributed by atoms with Gasteiger partial charge in [-0.1, -0.05) is 6.07 Å². The smallest absolute Gasteiger partial charge is 0.269 e. The number of nitro groups is 1. The van der Waals surface area contributed by atoms with Crippen LogP contribution in [0.3, 0.4) is 0 Å². The van der Waals surface area contributed by atoms with Gasteiger partial charge in [0.25, 0.3) is 11.6 Å². The molecule has 27 heavy (non-hydrogen) atoms. The zero-order valence-corrected chi connectivity index (χ0v) is 15.4. The van der Waals surface area contributed by atoms with Crippen LogP contribution in [0.1, 0.15) is 12.5 Å². The number of rotatable bonds is 9. The number of nitro benzene ring substituents is 1. The summed E-state index contributed by atoms with van der Waals surface area (Å²) < 4.78 is 16.0. The summed E-state index contributed by atoms with van der Waals surface area (Å²) in [6, 6.07) is 11.2. The van der Waals surface area contributed by atoms with Gasteiger partial charge in [0.05, 0.1) is 19.1 Å². The highest BCUT2D eigenvalue weighted by Crippen LogP contribution is 2.27. The Balaban J connectivity index is 1.83. The zero-order valence-electron chi connectivity index (χ0n) is 15.4. The summed E-state index contributed by atoms with van der Waals surface area (Å²) in [5, 5.41) is 13.4. The van der Waals surface area contributed by atoms with Crippen LogP contribution in [-0.2, 0) is 11.2 Å². The highest BCUT2D eigenvalue weighted by atomic mass is 16.6. The maximum atomic E-state index is 12.1. The fourth-order valence-electron chi connectivity index (χ4n) is 2.41. The number of hydrogen-bond donors (Lipinski definition) is 1. The average molecular weight is 374 g/mol. The van der Waals surface area contributed by atoms with Crippen LogP contribution in [0.5, 0.6) is 17.2 Å². The lowest BCUT2D eigenvalue weighted by Crippen LogP contribution is -2.37. The Labute approximate surface area is 157 Å². The molecule has 8 heteroatoms. The summed E-state index contributed by atoms with van der Waals surface area (Å²) in [6.45, 7) is 2.05. The molecule has 144 valence electrons. The van der Waals surface area contributed by atoms with Crippen LogP contribution in [-0.4, -0.2) is 37.7 Å². The molecule has 1 atom stereocenters. The van der Waals surface area contributed by atoms with Crippen LogP contribution in [0, 0.1) is 10.1 Å². The maximum Gasteiger partial charge on any atom is 0.269 e. The predicted molar refractivity (Wildman–Crippen MR) is 99.4 cm³/mol.